The highest BCUT2D eigenvalue weighted by atomic mass is 127. The third-order valence-electron chi connectivity index (χ3n) is 2.97. The number of hydrogen-bond acceptors (Lipinski definition) is 2. The Morgan fingerprint density at radius 3 is 2.47 bits per heavy atom. The molecule has 0 radical (unpaired) electrons. The van der Waals surface area contributed by atoms with Crippen LogP contribution in [0.4, 0.5) is 0 Å². The molecule has 0 aliphatic carbocycles. The van der Waals surface area contributed by atoms with Crippen molar-refractivity contribution in [2.75, 3.05) is 0 Å². The lowest BCUT2D eigenvalue weighted by Crippen LogP contribution is -2.01. The van der Waals surface area contributed by atoms with Gasteiger partial charge in [-0.15, -0.1) is 0 Å². The lowest BCUT2D eigenvalue weighted by Gasteiger charge is -2.03. The topological polar surface area (TPSA) is 30.0 Å². The Morgan fingerprint density at radius 2 is 1.68 bits per heavy atom. The van der Waals surface area contributed by atoms with E-state index in [1.165, 1.54) is 0 Å². The molecule has 3 heteroatoms. The summed E-state index contributed by atoms with van der Waals surface area (Å²) in [5, 5.41) is 1.04. The molecule has 92 valence electrons. The minimum Gasteiger partial charge on any atom is -0.289 e. The molecule has 19 heavy (non-hydrogen) atoms. The van der Waals surface area contributed by atoms with E-state index in [0.29, 0.717) is 11.1 Å². The summed E-state index contributed by atoms with van der Waals surface area (Å²) in [4.78, 5) is 16.6. The molecule has 0 saturated heterocycles. The second kappa shape index (κ2) is 5.09. The Balaban J connectivity index is 2.04. The van der Waals surface area contributed by atoms with E-state index >= 15 is 0 Å². The molecule has 0 fully saturated rings. The van der Waals surface area contributed by atoms with E-state index in [2.05, 4.69) is 27.6 Å². The molecule has 0 bridgehead atoms. The quantitative estimate of drug-likeness (QED) is 0.510. The molecule has 3 rings (SSSR count). The van der Waals surface area contributed by atoms with Crippen LogP contribution in [0.15, 0.2) is 60.8 Å². The molecule has 0 atom stereocenters. The number of carbonyl (C=O) groups excluding carboxylic acids is 1. The van der Waals surface area contributed by atoms with Crippen molar-refractivity contribution in [2.45, 2.75) is 0 Å². The first-order chi connectivity index (χ1) is 9.24. The number of halogens is 1. The number of ketones is 1. The number of nitrogens with zero attached hydrogens (tertiary/aromatic N) is 1. The number of rotatable bonds is 2. The minimum absolute atomic E-state index is 0.0314. The van der Waals surface area contributed by atoms with Crippen LogP contribution in [0.5, 0.6) is 0 Å². The number of fused-ring (bicyclic) bond motifs is 1. The molecule has 0 aliphatic rings. The van der Waals surface area contributed by atoms with E-state index in [1.54, 1.807) is 6.20 Å². The first-order valence-electron chi connectivity index (χ1n) is 5.89. The fraction of sp³-hybridized carbons (Fsp3) is 0. The number of pyridine rings is 1. The lowest BCUT2D eigenvalue weighted by atomic mass is 10.0. The highest BCUT2D eigenvalue weighted by Gasteiger charge is 2.09. The molecular weight excluding hydrogens is 349 g/mol. The van der Waals surface area contributed by atoms with E-state index in [9.17, 15) is 4.79 Å². The maximum Gasteiger partial charge on any atom is 0.193 e. The summed E-state index contributed by atoms with van der Waals surface area (Å²) in [6, 6.07) is 17.1. The normalized spacial score (nSPS) is 10.6. The van der Waals surface area contributed by atoms with Gasteiger partial charge in [0, 0.05) is 26.3 Å². The van der Waals surface area contributed by atoms with Crippen molar-refractivity contribution in [1.29, 1.82) is 0 Å². The molecule has 1 heterocycles. The summed E-state index contributed by atoms with van der Waals surface area (Å²) in [6.45, 7) is 0. The summed E-state index contributed by atoms with van der Waals surface area (Å²) in [5.41, 5.74) is 2.22. The van der Waals surface area contributed by atoms with E-state index in [1.807, 2.05) is 54.6 Å². The standard InChI is InChI=1S/C16H10INO/c17-14-7-5-12(6-8-14)16(19)13-4-3-11-2-1-9-18-15(11)10-13/h1-10H. The zero-order valence-electron chi connectivity index (χ0n) is 10.0. The Kier molecular flexibility index (Phi) is 3.29. The molecule has 0 aliphatic heterocycles. The van der Waals surface area contributed by atoms with Gasteiger partial charge in [-0.1, -0.05) is 18.2 Å². The van der Waals surface area contributed by atoms with Crippen LogP contribution in [-0.4, -0.2) is 10.8 Å². The highest BCUT2D eigenvalue weighted by molar-refractivity contribution is 14.1. The Hall–Kier alpha value is -1.75. The van der Waals surface area contributed by atoms with Crippen LogP contribution in [0.3, 0.4) is 0 Å². The predicted octanol–water partition coefficient (Wildman–Crippen LogP) is 4.07. The summed E-state index contributed by atoms with van der Waals surface area (Å²) < 4.78 is 1.12. The molecule has 1 aromatic heterocycles. The molecule has 0 unspecified atom stereocenters. The van der Waals surface area contributed by atoms with Crippen molar-refractivity contribution < 1.29 is 4.79 Å². The fourth-order valence-electron chi connectivity index (χ4n) is 1.98. The first kappa shape index (κ1) is 12.3. The Morgan fingerprint density at radius 1 is 0.947 bits per heavy atom. The average molecular weight is 359 g/mol. The van der Waals surface area contributed by atoms with Crippen molar-refractivity contribution in [1.82, 2.24) is 4.98 Å². The molecule has 2 aromatic carbocycles. The lowest BCUT2D eigenvalue weighted by molar-refractivity contribution is 0.103. The molecule has 0 spiro atoms. The van der Waals surface area contributed by atoms with Crippen LogP contribution in [0.2, 0.25) is 0 Å². The average Bonchev–Trinajstić information content (AvgIpc) is 2.47. The second-order valence-electron chi connectivity index (χ2n) is 4.25. The number of carbonyl (C=O) groups is 1. The Labute approximate surface area is 124 Å². The van der Waals surface area contributed by atoms with Gasteiger partial charge in [-0.25, -0.2) is 0 Å². The van der Waals surface area contributed by atoms with Crippen molar-refractivity contribution in [3.63, 3.8) is 0 Å². The molecule has 3 aromatic rings. The molecule has 0 saturated carbocycles. The number of hydrogen-bond donors (Lipinski definition) is 0. The van der Waals surface area contributed by atoms with Crippen molar-refractivity contribution in [2.24, 2.45) is 0 Å². The zero-order valence-corrected chi connectivity index (χ0v) is 12.2. The predicted molar refractivity (Wildman–Crippen MR) is 84.3 cm³/mol. The zero-order chi connectivity index (χ0) is 13.2. The summed E-state index contributed by atoms with van der Waals surface area (Å²) >= 11 is 2.22. The first-order valence-corrected chi connectivity index (χ1v) is 6.97. The summed E-state index contributed by atoms with van der Waals surface area (Å²) in [6.07, 6.45) is 1.74. The van der Waals surface area contributed by atoms with Gasteiger partial charge in [0.25, 0.3) is 0 Å². The van der Waals surface area contributed by atoms with Crippen LogP contribution in [-0.2, 0) is 0 Å². The SMILES string of the molecule is O=C(c1ccc(I)cc1)c1ccc2cccnc2c1. The second-order valence-corrected chi connectivity index (χ2v) is 5.49. The van der Waals surface area contributed by atoms with Crippen molar-refractivity contribution >= 4 is 39.3 Å². The highest BCUT2D eigenvalue weighted by Crippen LogP contribution is 2.17. The fourth-order valence-corrected chi connectivity index (χ4v) is 2.34. The van der Waals surface area contributed by atoms with E-state index in [0.717, 1.165) is 14.5 Å². The van der Waals surface area contributed by atoms with Crippen LogP contribution in [0, 0.1) is 3.57 Å². The molecular formula is C16H10INO. The van der Waals surface area contributed by atoms with Gasteiger partial charge in [0.1, 0.15) is 0 Å². The van der Waals surface area contributed by atoms with Gasteiger partial charge < -0.3 is 0 Å². The molecule has 0 amide bonds. The van der Waals surface area contributed by atoms with Gasteiger partial charge in [0.05, 0.1) is 5.52 Å². The minimum atomic E-state index is 0.0314. The van der Waals surface area contributed by atoms with Crippen LogP contribution in [0.1, 0.15) is 15.9 Å². The van der Waals surface area contributed by atoms with Gasteiger partial charge >= 0.3 is 0 Å². The summed E-state index contributed by atoms with van der Waals surface area (Å²) in [5.74, 6) is 0.0314. The maximum absolute atomic E-state index is 12.4. The van der Waals surface area contributed by atoms with Crippen molar-refractivity contribution in [3.8, 4) is 0 Å². The van der Waals surface area contributed by atoms with E-state index in [-0.39, 0.29) is 5.78 Å². The van der Waals surface area contributed by atoms with E-state index < -0.39 is 0 Å². The van der Waals surface area contributed by atoms with Crippen LogP contribution >= 0.6 is 22.6 Å². The largest absolute Gasteiger partial charge is 0.289 e. The van der Waals surface area contributed by atoms with E-state index in [4.69, 9.17) is 0 Å². The number of benzene rings is 2. The molecule has 0 N–H and O–H groups in total. The summed E-state index contributed by atoms with van der Waals surface area (Å²) in [7, 11) is 0. The van der Waals surface area contributed by atoms with Gasteiger partial charge in [-0.3, -0.25) is 9.78 Å². The third kappa shape index (κ3) is 2.51. The smallest absolute Gasteiger partial charge is 0.193 e. The van der Waals surface area contributed by atoms with Gasteiger partial charge in [0.2, 0.25) is 0 Å². The Bertz CT molecular complexity index is 750. The maximum atomic E-state index is 12.4. The molecule has 2 nitrogen and oxygen atoms in total. The number of aromatic nitrogens is 1. The van der Waals surface area contributed by atoms with Gasteiger partial charge in [0.15, 0.2) is 5.78 Å². The third-order valence-corrected chi connectivity index (χ3v) is 3.69. The van der Waals surface area contributed by atoms with Gasteiger partial charge in [-0.05, 0) is 59.0 Å². The van der Waals surface area contributed by atoms with Gasteiger partial charge in [-0.2, -0.15) is 0 Å². The van der Waals surface area contributed by atoms with Crippen LogP contribution in [0.25, 0.3) is 10.9 Å². The van der Waals surface area contributed by atoms with Crippen LogP contribution < -0.4 is 0 Å². The van der Waals surface area contributed by atoms with Crippen molar-refractivity contribution in [3.05, 3.63) is 75.5 Å². The monoisotopic (exact) mass is 359 g/mol.